The van der Waals surface area contributed by atoms with Gasteiger partial charge in [0.25, 0.3) is 0 Å². The van der Waals surface area contributed by atoms with E-state index in [9.17, 15) is 22.8 Å². The second-order valence-corrected chi connectivity index (χ2v) is 8.80. The van der Waals surface area contributed by atoms with E-state index in [0.29, 0.717) is 5.75 Å². The van der Waals surface area contributed by atoms with Crippen molar-refractivity contribution >= 4 is 28.0 Å². The fourth-order valence-electron chi connectivity index (χ4n) is 2.79. The Bertz CT molecular complexity index is 973. The van der Waals surface area contributed by atoms with E-state index >= 15 is 0 Å². The highest BCUT2D eigenvalue weighted by Gasteiger charge is 2.25. The molecule has 1 aromatic carbocycles. The van der Waals surface area contributed by atoms with Gasteiger partial charge in [-0.05, 0) is 37.6 Å². The summed E-state index contributed by atoms with van der Waals surface area (Å²) in [6, 6.07) is 5.48. The SMILES string of the molecule is CCOC(=O)C1=C(COC(=O)CCCN(C)S(=O)(=O)c2ccc(OC)cc2)NC(=O)NC1. The molecule has 1 aliphatic heterocycles. The maximum absolute atomic E-state index is 12.6. The maximum atomic E-state index is 12.6. The van der Waals surface area contributed by atoms with E-state index in [4.69, 9.17) is 14.2 Å². The van der Waals surface area contributed by atoms with Gasteiger partial charge >= 0.3 is 18.0 Å². The first-order chi connectivity index (χ1) is 15.2. The molecular weight excluding hydrogens is 442 g/mol. The molecule has 2 rings (SSSR count). The lowest BCUT2D eigenvalue weighted by atomic mass is 10.1. The van der Waals surface area contributed by atoms with Crippen molar-refractivity contribution in [3.05, 3.63) is 35.5 Å². The van der Waals surface area contributed by atoms with Crippen molar-refractivity contribution in [2.75, 3.05) is 40.5 Å². The smallest absolute Gasteiger partial charge is 0.337 e. The lowest BCUT2D eigenvalue weighted by Gasteiger charge is -2.21. The summed E-state index contributed by atoms with van der Waals surface area (Å²) in [5, 5.41) is 4.89. The molecule has 1 heterocycles. The van der Waals surface area contributed by atoms with Crippen LogP contribution < -0.4 is 15.4 Å². The number of nitrogens with zero attached hydrogens (tertiary/aromatic N) is 1. The van der Waals surface area contributed by atoms with Crippen molar-refractivity contribution in [2.24, 2.45) is 0 Å². The highest BCUT2D eigenvalue weighted by molar-refractivity contribution is 7.89. The van der Waals surface area contributed by atoms with Crippen LogP contribution in [0.4, 0.5) is 4.79 Å². The Kier molecular flexibility index (Phi) is 9.02. The number of hydrogen-bond acceptors (Lipinski definition) is 8. The summed E-state index contributed by atoms with van der Waals surface area (Å²) in [5.41, 5.74) is 0.323. The van der Waals surface area contributed by atoms with Crippen LogP contribution in [-0.2, 0) is 29.1 Å². The molecule has 1 aliphatic rings. The molecule has 0 bridgehead atoms. The van der Waals surface area contributed by atoms with Crippen molar-refractivity contribution in [1.29, 1.82) is 0 Å². The number of carbonyl (C=O) groups excluding carboxylic acids is 3. The molecule has 2 amide bonds. The van der Waals surface area contributed by atoms with Crippen molar-refractivity contribution in [1.82, 2.24) is 14.9 Å². The Hall–Kier alpha value is -3.12. The van der Waals surface area contributed by atoms with Gasteiger partial charge in [0, 0.05) is 20.0 Å². The largest absolute Gasteiger partial charge is 0.497 e. The van der Waals surface area contributed by atoms with Gasteiger partial charge < -0.3 is 24.8 Å². The van der Waals surface area contributed by atoms with Crippen LogP contribution in [0.3, 0.4) is 0 Å². The van der Waals surface area contributed by atoms with Crippen molar-refractivity contribution in [3.8, 4) is 5.75 Å². The number of esters is 2. The van der Waals surface area contributed by atoms with E-state index in [1.165, 1.54) is 26.3 Å². The number of sulfonamides is 1. The molecule has 0 aliphatic carbocycles. The third kappa shape index (κ3) is 6.69. The normalized spacial score (nSPS) is 13.9. The molecule has 0 fully saturated rings. The molecule has 0 unspecified atom stereocenters. The zero-order chi connectivity index (χ0) is 23.7. The number of benzene rings is 1. The Morgan fingerprint density at radius 1 is 1.16 bits per heavy atom. The molecule has 0 saturated carbocycles. The molecule has 0 saturated heterocycles. The van der Waals surface area contributed by atoms with Gasteiger partial charge in [0.15, 0.2) is 0 Å². The zero-order valence-corrected chi connectivity index (χ0v) is 19.0. The number of nitrogens with one attached hydrogen (secondary N) is 2. The van der Waals surface area contributed by atoms with Crippen LogP contribution in [-0.4, -0.2) is 71.2 Å². The minimum absolute atomic E-state index is 0.0361. The monoisotopic (exact) mass is 469 g/mol. The van der Waals surface area contributed by atoms with E-state index in [-0.39, 0.29) is 55.3 Å². The Balaban J connectivity index is 1.86. The number of ether oxygens (including phenoxy) is 3. The minimum Gasteiger partial charge on any atom is -0.497 e. The summed E-state index contributed by atoms with van der Waals surface area (Å²) < 4.78 is 41.4. The molecular formula is C20H27N3O8S. The average molecular weight is 470 g/mol. The third-order valence-corrected chi connectivity index (χ3v) is 6.45. The number of urea groups is 1. The van der Waals surface area contributed by atoms with Crippen LogP contribution in [0.2, 0.25) is 0 Å². The minimum atomic E-state index is -3.71. The van der Waals surface area contributed by atoms with Gasteiger partial charge in [-0.2, -0.15) is 0 Å². The molecule has 12 heteroatoms. The Labute approximate surface area is 186 Å². The predicted octanol–water partition coefficient (Wildman–Crippen LogP) is 0.769. The predicted molar refractivity (Wildman–Crippen MR) is 113 cm³/mol. The molecule has 11 nitrogen and oxygen atoms in total. The number of methoxy groups -OCH3 is 1. The lowest BCUT2D eigenvalue weighted by Crippen LogP contribution is -2.45. The summed E-state index contributed by atoms with van der Waals surface area (Å²) in [7, 11) is -0.797. The Morgan fingerprint density at radius 2 is 1.84 bits per heavy atom. The van der Waals surface area contributed by atoms with Crippen LogP contribution >= 0.6 is 0 Å². The molecule has 0 atom stereocenters. The quantitative estimate of drug-likeness (QED) is 0.453. The van der Waals surface area contributed by atoms with E-state index in [2.05, 4.69) is 10.6 Å². The summed E-state index contributed by atoms with van der Waals surface area (Å²) in [5.74, 6) is -0.666. The van der Waals surface area contributed by atoms with Crippen LogP contribution in [0.25, 0.3) is 0 Å². The molecule has 2 N–H and O–H groups in total. The zero-order valence-electron chi connectivity index (χ0n) is 18.2. The van der Waals surface area contributed by atoms with Crippen LogP contribution in [0.15, 0.2) is 40.4 Å². The molecule has 1 aromatic rings. The van der Waals surface area contributed by atoms with Gasteiger partial charge in [-0.1, -0.05) is 0 Å². The summed E-state index contributed by atoms with van der Waals surface area (Å²) >= 11 is 0. The third-order valence-electron chi connectivity index (χ3n) is 4.58. The molecule has 0 radical (unpaired) electrons. The summed E-state index contributed by atoms with van der Waals surface area (Å²) in [6.07, 6.45) is 0.180. The van der Waals surface area contributed by atoms with Crippen LogP contribution in [0, 0.1) is 0 Å². The van der Waals surface area contributed by atoms with Gasteiger partial charge in [-0.3, -0.25) is 4.79 Å². The van der Waals surface area contributed by atoms with E-state index < -0.39 is 28.0 Å². The number of rotatable bonds is 11. The van der Waals surface area contributed by atoms with Crippen LogP contribution in [0.5, 0.6) is 5.75 Å². The average Bonchev–Trinajstić information content (AvgIpc) is 2.77. The first kappa shape index (κ1) is 25.1. The van der Waals surface area contributed by atoms with E-state index in [1.54, 1.807) is 19.1 Å². The van der Waals surface area contributed by atoms with E-state index in [1.807, 2.05) is 0 Å². The second kappa shape index (κ2) is 11.5. The highest BCUT2D eigenvalue weighted by Crippen LogP contribution is 2.19. The van der Waals surface area contributed by atoms with Gasteiger partial charge in [0.05, 0.1) is 36.4 Å². The topological polar surface area (TPSA) is 140 Å². The van der Waals surface area contributed by atoms with E-state index in [0.717, 1.165) is 4.31 Å². The first-order valence-corrected chi connectivity index (χ1v) is 11.3. The van der Waals surface area contributed by atoms with Crippen molar-refractivity contribution in [3.63, 3.8) is 0 Å². The molecule has 0 spiro atoms. The summed E-state index contributed by atoms with van der Waals surface area (Å²) in [4.78, 5) is 35.7. The van der Waals surface area contributed by atoms with Gasteiger partial charge in [0.2, 0.25) is 10.0 Å². The lowest BCUT2D eigenvalue weighted by molar-refractivity contribution is -0.143. The number of carbonyl (C=O) groups is 3. The van der Waals surface area contributed by atoms with Gasteiger partial charge in [0.1, 0.15) is 12.4 Å². The number of amides is 2. The van der Waals surface area contributed by atoms with Crippen molar-refractivity contribution in [2.45, 2.75) is 24.7 Å². The Morgan fingerprint density at radius 3 is 2.47 bits per heavy atom. The van der Waals surface area contributed by atoms with Gasteiger partial charge in [-0.25, -0.2) is 22.3 Å². The molecule has 32 heavy (non-hydrogen) atoms. The summed E-state index contributed by atoms with van der Waals surface area (Å²) in [6.45, 7) is 1.57. The molecule has 0 aromatic heterocycles. The standard InChI is InChI=1S/C20H27N3O8S/c1-4-30-19(25)16-12-21-20(26)22-17(16)13-31-18(24)6-5-11-23(2)32(27,28)15-9-7-14(29-3)8-10-15/h7-10H,4-6,11-13H2,1-3H3,(H2,21,22,26). The van der Waals surface area contributed by atoms with Crippen molar-refractivity contribution < 1.29 is 37.0 Å². The fraction of sp³-hybridized carbons (Fsp3) is 0.450. The van der Waals surface area contributed by atoms with Gasteiger partial charge in [-0.15, -0.1) is 0 Å². The number of hydrogen-bond donors (Lipinski definition) is 2. The maximum Gasteiger partial charge on any atom is 0.337 e. The highest BCUT2D eigenvalue weighted by atomic mass is 32.2. The first-order valence-electron chi connectivity index (χ1n) is 9.89. The second-order valence-electron chi connectivity index (χ2n) is 6.75. The fourth-order valence-corrected chi connectivity index (χ4v) is 4.00. The molecule has 176 valence electrons. The van der Waals surface area contributed by atoms with Crippen LogP contribution in [0.1, 0.15) is 19.8 Å².